The van der Waals surface area contributed by atoms with Crippen molar-refractivity contribution in [2.45, 2.75) is 22.7 Å². The Bertz CT molecular complexity index is 898. The smallest absolute Gasteiger partial charge is 0.417 e. The third kappa shape index (κ3) is 3.48. The molecule has 2 unspecified atom stereocenters. The second kappa shape index (κ2) is 6.92. The summed E-state index contributed by atoms with van der Waals surface area (Å²) in [6, 6.07) is 6.57. The van der Waals surface area contributed by atoms with Crippen molar-refractivity contribution < 1.29 is 22.5 Å². The Kier molecular flexibility index (Phi) is 4.82. The first-order valence-corrected chi connectivity index (χ1v) is 8.80. The molecule has 0 amide bonds. The lowest BCUT2D eigenvalue weighted by Gasteiger charge is -2.19. The Hall–Kier alpha value is -2.67. The number of nitriles is 1. The number of hydrogen-bond donors (Lipinski definition) is 1. The maximum atomic E-state index is 13.1. The van der Waals surface area contributed by atoms with Crippen LogP contribution in [0.1, 0.15) is 17.8 Å². The molecule has 26 heavy (non-hydrogen) atoms. The molecule has 3 rings (SSSR count). The van der Waals surface area contributed by atoms with Crippen molar-refractivity contribution in [3.63, 3.8) is 0 Å². The Labute approximate surface area is 149 Å². The zero-order chi connectivity index (χ0) is 18.9. The van der Waals surface area contributed by atoms with E-state index in [0.717, 1.165) is 12.3 Å². The molecule has 1 aliphatic rings. The molecular formula is C16H13F3N4O2S. The second-order valence-electron chi connectivity index (χ2n) is 5.66. The fourth-order valence-electron chi connectivity index (χ4n) is 2.80. The molecule has 2 heterocycles. The van der Waals surface area contributed by atoms with Gasteiger partial charge >= 0.3 is 6.18 Å². The average molecular weight is 382 g/mol. The molecule has 1 aliphatic heterocycles. The molecule has 2 atom stereocenters. The molecule has 1 saturated heterocycles. The van der Waals surface area contributed by atoms with Gasteiger partial charge in [0.25, 0.3) is 0 Å². The lowest BCUT2D eigenvalue weighted by Crippen LogP contribution is -2.26. The van der Waals surface area contributed by atoms with E-state index in [1.165, 1.54) is 18.2 Å². The first-order chi connectivity index (χ1) is 12.3. The first kappa shape index (κ1) is 18.1. The molecule has 2 aromatic rings. The van der Waals surface area contributed by atoms with Crippen molar-refractivity contribution >= 4 is 16.6 Å². The highest BCUT2D eigenvalue weighted by molar-refractivity contribution is 7.85. The fourth-order valence-corrected chi connectivity index (χ4v) is 4.41. The number of rotatable bonds is 3. The summed E-state index contributed by atoms with van der Waals surface area (Å²) in [7, 11) is -1.88. The Morgan fingerprint density at radius 2 is 2.08 bits per heavy atom. The topological polar surface area (TPSA) is 90.1 Å². The van der Waals surface area contributed by atoms with E-state index in [4.69, 9.17) is 5.26 Å². The van der Waals surface area contributed by atoms with Gasteiger partial charge in [0.2, 0.25) is 5.82 Å². The molecule has 1 fully saturated rings. The van der Waals surface area contributed by atoms with Crippen LogP contribution >= 0.6 is 0 Å². The van der Waals surface area contributed by atoms with E-state index in [1.807, 2.05) is 0 Å². The van der Waals surface area contributed by atoms with Crippen molar-refractivity contribution in [2.24, 2.45) is 0 Å². The van der Waals surface area contributed by atoms with Crippen molar-refractivity contribution in [3.05, 3.63) is 41.9 Å². The van der Waals surface area contributed by atoms with Gasteiger partial charge in [-0.25, -0.2) is 4.98 Å². The van der Waals surface area contributed by atoms with Crippen LogP contribution in [0.5, 0.6) is 5.75 Å². The zero-order valence-corrected chi connectivity index (χ0v) is 14.1. The van der Waals surface area contributed by atoms with Gasteiger partial charge in [-0.2, -0.15) is 23.4 Å². The van der Waals surface area contributed by atoms with Crippen LogP contribution < -0.4 is 4.90 Å². The maximum absolute atomic E-state index is 13.1. The normalized spacial score (nSPS) is 18.5. The van der Waals surface area contributed by atoms with E-state index >= 15 is 0 Å². The van der Waals surface area contributed by atoms with Crippen molar-refractivity contribution in [2.75, 3.05) is 18.0 Å². The number of anilines is 1. The zero-order valence-electron chi connectivity index (χ0n) is 13.3. The van der Waals surface area contributed by atoms with Crippen LogP contribution in [0.2, 0.25) is 0 Å². The number of aromatic hydroxyl groups is 1. The van der Waals surface area contributed by atoms with Gasteiger partial charge < -0.3 is 10.0 Å². The third-order valence-corrected chi connectivity index (χ3v) is 5.79. The van der Waals surface area contributed by atoms with Crippen LogP contribution in [0.15, 0.2) is 35.4 Å². The van der Waals surface area contributed by atoms with E-state index < -0.39 is 27.8 Å². The first-order valence-electron chi connectivity index (χ1n) is 7.59. The molecule has 0 radical (unpaired) electrons. The summed E-state index contributed by atoms with van der Waals surface area (Å²) in [5.74, 6) is -0.268. The number of hydrogen-bond acceptors (Lipinski definition) is 6. The predicted molar refractivity (Wildman–Crippen MR) is 86.9 cm³/mol. The van der Waals surface area contributed by atoms with E-state index in [9.17, 15) is 22.5 Å². The lowest BCUT2D eigenvalue weighted by molar-refractivity contribution is -0.139. The van der Waals surface area contributed by atoms with Gasteiger partial charge in [0.05, 0.1) is 32.7 Å². The summed E-state index contributed by atoms with van der Waals surface area (Å²) in [5.41, 5.74) is -0.909. The maximum Gasteiger partial charge on any atom is 0.417 e. The number of halogens is 3. The highest BCUT2D eigenvalue weighted by Gasteiger charge is 2.38. The molecule has 6 nitrogen and oxygen atoms in total. The van der Waals surface area contributed by atoms with Crippen LogP contribution in [0.3, 0.4) is 0 Å². The minimum absolute atomic E-state index is 0.111. The summed E-state index contributed by atoms with van der Waals surface area (Å²) in [5, 5.41) is 18.2. The van der Waals surface area contributed by atoms with Gasteiger partial charge in [-0.05, 0) is 18.6 Å². The SMILES string of the molecule is N#Cc1ncc(O)c(N2CCC(S(=O)c3ccccc3C(F)(F)F)C2)n1. The van der Waals surface area contributed by atoms with E-state index in [-0.39, 0.29) is 28.8 Å². The van der Waals surface area contributed by atoms with E-state index in [0.29, 0.717) is 13.0 Å². The molecule has 0 saturated carbocycles. The number of alkyl halides is 3. The molecule has 0 bridgehead atoms. The minimum Gasteiger partial charge on any atom is -0.503 e. The lowest BCUT2D eigenvalue weighted by atomic mass is 10.2. The standard InChI is InChI=1S/C16H13F3N4O2S/c17-16(18,19)11-3-1-2-4-13(11)26(25)10-5-6-23(9-10)15-12(24)8-21-14(7-20)22-15/h1-4,8,10,24H,5-6,9H2. The molecule has 1 N–H and O–H groups in total. The van der Waals surface area contributed by atoms with Gasteiger partial charge in [0.15, 0.2) is 11.6 Å². The largest absolute Gasteiger partial charge is 0.503 e. The second-order valence-corrected chi connectivity index (χ2v) is 7.36. The molecule has 1 aromatic heterocycles. The van der Waals surface area contributed by atoms with Crippen LogP contribution in [0.25, 0.3) is 0 Å². The van der Waals surface area contributed by atoms with Gasteiger partial charge in [-0.1, -0.05) is 12.1 Å². The monoisotopic (exact) mass is 382 g/mol. The minimum atomic E-state index is -4.59. The number of benzene rings is 1. The predicted octanol–water partition coefficient (Wildman–Crippen LogP) is 2.46. The molecule has 0 aliphatic carbocycles. The van der Waals surface area contributed by atoms with Gasteiger partial charge in [-0.15, -0.1) is 0 Å². The van der Waals surface area contributed by atoms with Crippen LogP contribution in [0.4, 0.5) is 19.0 Å². The summed E-state index contributed by atoms with van der Waals surface area (Å²) >= 11 is 0. The number of nitrogens with zero attached hydrogens (tertiary/aromatic N) is 4. The van der Waals surface area contributed by atoms with Crippen LogP contribution in [-0.2, 0) is 17.0 Å². The Balaban J connectivity index is 1.84. The summed E-state index contributed by atoms with van der Waals surface area (Å²) < 4.78 is 52.2. The quantitative estimate of drug-likeness (QED) is 0.877. The van der Waals surface area contributed by atoms with Crippen LogP contribution in [0, 0.1) is 11.3 Å². The highest BCUT2D eigenvalue weighted by atomic mass is 32.2. The Morgan fingerprint density at radius 1 is 1.35 bits per heavy atom. The molecule has 1 aromatic carbocycles. The van der Waals surface area contributed by atoms with Crippen molar-refractivity contribution in [1.82, 2.24) is 9.97 Å². The third-order valence-electron chi connectivity index (χ3n) is 4.01. The van der Waals surface area contributed by atoms with Crippen molar-refractivity contribution in [3.8, 4) is 11.8 Å². The van der Waals surface area contributed by atoms with Gasteiger partial charge in [0, 0.05) is 13.1 Å². The molecule has 10 heteroatoms. The average Bonchev–Trinajstić information content (AvgIpc) is 3.10. The Morgan fingerprint density at radius 3 is 2.77 bits per heavy atom. The highest BCUT2D eigenvalue weighted by Crippen LogP contribution is 2.36. The summed E-state index contributed by atoms with van der Waals surface area (Å²) in [6.45, 7) is 0.494. The van der Waals surface area contributed by atoms with Gasteiger partial charge in [-0.3, -0.25) is 4.21 Å². The summed E-state index contributed by atoms with van der Waals surface area (Å²) in [4.78, 5) is 8.90. The molecule has 0 spiro atoms. The fraction of sp³-hybridized carbons (Fsp3) is 0.312. The van der Waals surface area contributed by atoms with E-state index in [1.54, 1.807) is 11.0 Å². The van der Waals surface area contributed by atoms with Gasteiger partial charge in [0.1, 0.15) is 6.07 Å². The van der Waals surface area contributed by atoms with Crippen LogP contribution in [-0.4, -0.2) is 37.6 Å². The molecule has 136 valence electrons. The van der Waals surface area contributed by atoms with E-state index in [2.05, 4.69) is 9.97 Å². The van der Waals surface area contributed by atoms with Crippen molar-refractivity contribution in [1.29, 1.82) is 5.26 Å². The number of aromatic nitrogens is 2. The molecular weight excluding hydrogens is 369 g/mol. The summed E-state index contributed by atoms with van der Waals surface area (Å²) in [6.07, 6.45) is -3.13.